The van der Waals surface area contributed by atoms with Crippen LogP contribution in [0.15, 0.2) is 0 Å². The van der Waals surface area contributed by atoms with Crippen LogP contribution >= 0.6 is 8.38 Å². The Balaban J connectivity index is 4.57. The SMILES string of the molecule is CC(=O)N(C)CP(O[Si](C)(C)C)O[Si](C)(C)C. The first-order valence-electron chi connectivity index (χ1n) is 5.78. The molecule has 0 fully saturated rings. The smallest absolute Gasteiger partial charge is 0.219 e. The van der Waals surface area contributed by atoms with Crippen LogP contribution in [0.25, 0.3) is 0 Å². The van der Waals surface area contributed by atoms with Crippen molar-refractivity contribution in [1.82, 2.24) is 4.90 Å². The summed E-state index contributed by atoms with van der Waals surface area (Å²) in [4.78, 5) is 12.9. The van der Waals surface area contributed by atoms with E-state index in [1.807, 2.05) is 0 Å². The first kappa shape index (κ1) is 17.3. The Morgan fingerprint density at radius 2 is 1.41 bits per heavy atom. The lowest BCUT2D eigenvalue weighted by Gasteiger charge is -2.32. The summed E-state index contributed by atoms with van der Waals surface area (Å²) in [7, 11) is -2.46. The normalized spacial score (nSPS) is 13.0. The maximum atomic E-state index is 11.3. The molecule has 17 heavy (non-hydrogen) atoms. The van der Waals surface area contributed by atoms with Crippen molar-refractivity contribution >= 4 is 30.9 Å². The molecule has 0 N–H and O–H groups in total. The molecule has 0 radical (unpaired) electrons. The summed E-state index contributed by atoms with van der Waals surface area (Å²) in [6, 6.07) is 0. The number of nitrogens with zero attached hydrogens (tertiary/aromatic N) is 1. The summed E-state index contributed by atoms with van der Waals surface area (Å²) < 4.78 is 12.1. The molecule has 0 spiro atoms. The molecule has 0 unspecified atom stereocenters. The van der Waals surface area contributed by atoms with Gasteiger partial charge in [0, 0.05) is 14.0 Å². The van der Waals surface area contributed by atoms with Crippen LogP contribution in [0.3, 0.4) is 0 Å². The zero-order chi connectivity index (χ0) is 13.9. The van der Waals surface area contributed by atoms with E-state index in [0.717, 1.165) is 0 Å². The first-order valence-corrected chi connectivity index (χ1v) is 14.0. The summed E-state index contributed by atoms with van der Waals surface area (Å²) in [5.74, 6) is 0.0517. The highest BCUT2D eigenvalue weighted by atomic mass is 31.2. The van der Waals surface area contributed by atoms with Gasteiger partial charge in [0.15, 0.2) is 25.0 Å². The Morgan fingerprint density at radius 1 is 1.06 bits per heavy atom. The van der Waals surface area contributed by atoms with Gasteiger partial charge >= 0.3 is 0 Å². The Labute approximate surface area is 109 Å². The molecule has 0 aliphatic heterocycles. The average molecular weight is 295 g/mol. The van der Waals surface area contributed by atoms with Crippen LogP contribution in [-0.2, 0) is 13.2 Å². The van der Waals surface area contributed by atoms with E-state index in [4.69, 9.17) is 8.43 Å². The highest BCUT2D eigenvalue weighted by Crippen LogP contribution is 2.44. The molecule has 0 bridgehead atoms. The average Bonchev–Trinajstić information content (AvgIpc) is 1.96. The largest absolute Gasteiger partial charge is 0.375 e. The van der Waals surface area contributed by atoms with Gasteiger partial charge in [-0.15, -0.1) is 0 Å². The summed E-state index contributed by atoms with van der Waals surface area (Å²) in [5, 5.41) is 0. The van der Waals surface area contributed by atoms with Gasteiger partial charge in [-0.1, -0.05) is 0 Å². The van der Waals surface area contributed by atoms with Gasteiger partial charge < -0.3 is 13.3 Å². The number of carbonyl (C=O) groups is 1. The van der Waals surface area contributed by atoms with E-state index in [0.29, 0.717) is 6.29 Å². The third-order valence-electron chi connectivity index (χ3n) is 1.62. The van der Waals surface area contributed by atoms with Gasteiger partial charge in [-0.2, -0.15) is 0 Å². The molecule has 7 heteroatoms. The molecule has 0 aliphatic rings. The minimum Gasteiger partial charge on any atom is -0.375 e. The van der Waals surface area contributed by atoms with E-state index < -0.39 is 25.0 Å². The van der Waals surface area contributed by atoms with Crippen molar-refractivity contribution in [3.05, 3.63) is 0 Å². The van der Waals surface area contributed by atoms with Gasteiger partial charge in [-0.25, -0.2) is 0 Å². The lowest BCUT2D eigenvalue weighted by Crippen LogP contribution is -2.33. The Hall–Kier alpha value is 0.254. The Kier molecular flexibility index (Phi) is 6.53. The van der Waals surface area contributed by atoms with Crippen LogP contribution in [0.4, 0.5) is 0 Å². The number of carbonyl (C=O) groups excluding carboxylic acids is 1. The summed E-state index contributed by atoms with van der Waals surface area (Å²) in [6.45, 7) is 14.4. The van der Waals surface area contributed by atoms with Crippen molar-refractivity contribution in [3.63, 3.8) is 0 Å². The van der Waals surface area contributed by atoms with Crippen molar-refractivity contribution in [2.24, 2.45) is 0 Å². The third-order valence-corrected chi connectivity index (χ3v) is 8.28. The Bertz CT molecular complexity index is 247. The highest BCUT2D eigenvalue weighted by molar-refractivity contribution is 7.50. The van der Waals surface area contributed by atoms with Gasteiger partial charge in [0.25, 0.3) is 0 Å². The van der Waals surface area contributed by atoms with Gasteiger partial charge in [0.05, 0.1) is 6.29 Å². The van der Waals surface area contributed by atoms with Crippen molar-refractivity contribution in [2.75, 3.05) is 13.3 Å². The van der Waals surface area contributed by atoms with E-state index in [9.17, 15) is 4.79 Å². The monoisotopic (exact) mass is 295 g/mol. The zero-order valence-corrected chi connectivity index (χ0v) is 15.2. The maximum Gasteiger partial charge on any atom is 0.219 e. The molecule has 0 saturated heterocycles. The third kappa shape index (κ3) is 9.91. The second-order valence-electron chi connectivity index (χ2n) is 6.10. The molecule has 0 rings (SSSR count). The lowest BCUT2D eigenvalue weighted by atomic mass is 10.6. The quantitative estimate of drug-likeness (QED) is 0.556. The van der Waals surface area contributed by atoms with Gasteiger partial charge in [-0.05, 0) is 39.3 Å². The van der Waals surface area contributed by atoms with E-state index >= 15 is 0 Å². The van der Waals surface area contributed by atoms with Crippen LogP contribution in [0.1, 0.15) is 6.92 Å². The van der Waals surface area contributed by atoms with Gasteiger partial charge in [0.1, 0.15) is 0 Å². The molecule has 4 nitrogen and oxygen atoms in total. The molecule has 0 heterocycles. The molecular formula is C10H26NO3PSi2. The van der Waals surface area contributed by atoms with Crippen LogP contribution in [0.5, 0.6) is 0 Å². The lowest BCUT2D eigenvalue weighted by molar-refractivity contribution is -0.126. The Morgan fingerprint density at radius 3 is 1.65 bits per heavy atom. The highest BCUT2D eigenvalue weighted by Gasteiger charge is 2.29. The molecule has 102 valence electrons. The van der Waals surface area contributed by atoms with E-state index in [2.05, 4.69) is 39.3 Å². The van der Waals surface area contributed by atoms with Crippen molar-refractivity contribution < 1.29 is 13.2 Å². The second-order valence-corrected chi connectivity index (χ2v) is 17.0. The van der Waals surface area contributed by atoms with Crippen molar-refractivity contribution in [1.29, 1.82) is 0 Å². The van der Waals surface area contributed by atoms with Crippen molar-refractivity contribution in [3.8, 4) is 0 Å². The molecular weight excluding hydrogens is 269 g/mol. The molecule has 0 aromatic rings. The van der Waals surface area contributed by atoms with E-state index in [-0.39, 0.29) is 5.91 Å². The van der Waals surface area contributed by atoms with Crippen LogP contribution in [-0.4, -0.2) is 40.8 Å². The molecule has 1 amide bonds. The van der Waals surface area contributed by atoms with Gasteiger partial charge in [-0.3, -0.25) is 4.79 Å². The van der Waals surface area contributed by atoms with Gasteiger partial charge in [0.2, 0.25) is 5.91 Å². The van der Waals surface area contributed by atoms with Crippen molar-refractivity contribution in [2.45, 2.75) is 46.2 Å². The summed E-state index contributed by atoms with van der Waals surface area (Å²) in [5.41, 5.74) is 0. The van der Waals surface area contributed by atoms with Crippen LogP contribution < -0.4 is 0 Å². The fourth-order valence-corrected chi connectivity index (χ4v) is 7.34. The molecule has 0 aromatic heterocycles. The molecule has 0 atom stereocenters. The number of hydrogen-bond acceptors (Lipinski definition) is 3. The molecule has 0 aromatic carbocycles. The van der Waals surface area contributed by atoms with E-state index in [1.54, 1.807) is 18.9 Å². The zero-order valence-electron chi connectivity index (χ0n) is 12.3. The summed E-state index contributed by atoms with van der Waals surface area (Å²) in [6.07, 6.45) is 0.569. The second kappa shape index (κ2) is 6.43. The van der Waals surface area contributed by atoms with Crippen LogP contribution in [0, 0.1) is 0 Å². The number of rotatable bonds is 6. The molecule has 0 saturated carbocycles. The van der Waals surface area contributed by atoms with Crippen LogP contribution in [0.2, 0.25) is 39.3 Å². The maximum absolute atomic E-state index is 11.3. The topological polar surface area (TPSA) is 38.8 Å². The molecule has 0 aliphatic carbocycles. The number of hydrogen-bond donors (Lipinski definition) is 0. The standard InChI is InChI=1S/C10H26NO3PSi2/c1-10(12)11(2)9-15(13-16(3,4)5)14-17(6,7)8/h9H2,1-8H3. The minimum absolute atomic E-state index is 0.0517. The fourth-order valence-electron chi connectivity index (χ4n) is 0.960. The van der Waals surface area contributed by atoms with E-state index in [1.165, 1.54) is 0 Å². The number of amides is 1. The summed E-state index contributed by atoms with van der Waals surface area (Å²) >= 11 is 0. The minimum atomic E-state index is -1.63. The fraction of sp³-hybridized carbons (Fsp3) is 0.900. The predicted molar refractivity (Wildman–Crippen MR) is 79.1 cm³/mol. The first-order chi connectivity index (χ1) is 7.41. The predicted octanol–water partition coefficient (Wildman–Crippen LogP) is 3.44.